The quantitative estimate of drug-likeness (QED) is 0.400. The average Bonchev–Trinajstić information content (AvgIpc) is 2.87. The third-order valence-corrected chi connectivity index (χ3v) is 6.89. The van der Waals surface area contributed by atoms with Crippen LogP contribution in [0.1, 0.15) is 30.6 Å². The molecular formula is C26H28FN3O5S. The van der Waals surface area contributed by atoms with Gasteiger partial charge in [-0.25, -0.2) is 12.8 Å². The maximum absolute atomic E-state index is 13.5. The van der Waals surface area contributed by atoms with Crippen LogP contribution in [0.25, 0.3) is 0 Å². The summed E-state index contributed by atoms with van der Waals surface area (Å²) in [5, 5.41) is 5.38. The molecule has 36 heavy (non-hydrogen) atoms. The topological polar surface area (TPSA) is 105 Å². The molecule has 0 unspecified atom stereocenters. The molecule has 0 heterocycles. The molecule has 2 amide bonds. The van der Waals surface area contributed by atoms with Crippen molar-refractivity contribution in [2.45, 2.75) is 25.2 Å². The zero-order chi connectivity index (χ0) is 26.1. The molecule has 0 saturated heterocycles. The molecule has 2 N–H and O–H groups in total. The number of nitrogens with zero attached hydrogens (tertiary/aromatic N) is 1. The predicted octanol–water partition coefficient (Wildman–Crippen LogP) is 4.20. The molecular weight excluding hydrogens is 485 g/mol. The summed E-state index contributed by atoms with van der Waals surface area (Å²) in [5.41, 5.74) is 0.602. The summed E-state index contributed by atoms with van der Waals surface area (Å²) in [5.74, 6) is -1.08. The van der Waals surface area contributed by atoms with Crippen LogP contribution in [0.5, 0.6) is 5.75 Å². The molecule has 0 spiro atoms. The Labute approximate surface area is 210 Å². The van der Waals surface area contributed by atoms with Crippen LogP contribution in [0.15, 0.2) is 77.7 Å². The van der Waals surface area contributed by atoms with Crippen LogP contribution in [0.4, 0.5) is 15.8 Å². The van der Waals surface area contributed by atoms with E-state index in [2.05, 4.69) is 10.6 Å². The fourth-order valence-electron chi connectivity index (χ4n) is 3.37. The standard InChI is InChI=1S/C26H28FN3O5S/c1-3-17-28-26(32)23-7-5-6-8-24(23)29-25(31)18-30(20-11-9-19(27)10-12-20)36(33,34)22-15-13-21(14-16-22)35-4-2/h5-16H,3-4,17-18H2,1-2H3,(H,28,32)(H,29,31). The van der Waals surface area contributed by atoms with Crippen LogP contribution in [-0.2, 0) is 14.8 Å². The van der Waals surface area contributed by atoms with E-state index in [-0.39, 0.29) is 27.7 Å². The number of anilines is 2. The van der Waals surface area contributed by atoms with Gasteiger partial charge in [0.2, 0.25) is 5.91 Å². The zero-order valence-electron chi connectivity index (χ0n) is 20.0. The van der Waals surface area contributed by atoms with E-state index < -0.39 is 28.3 Å². The van der Waals surface area contributed by atoms with Crippen molar-refractivity contribution in [1.82, 2.24) is 5.32 Å². The van der Waals surface area contributed by atoms with E-state index in [9.17, 15) is 22.4 Å². The maximum Gasteiger partial charge on any atom is 0.264 e. The number of benzene rings is 3. The van der Waals surface area contributed by atoms with Gasteiger partial charge in [-0.2, -0.15) is 0 Å². The smallest absolute Gasteiger partial charge is 0.264 e. The molecule has 3 aromatic carbocycles. The second-order valence-corrected chi connectivity index (χ2v) is 9.60. The van der Waals surface area contributed by atoms with Crippen molar-refractivity contribution in [3.05, 3.63) is 84.2 Å². The highest BCUT2D eigenvalue weighted by Crippen LogP contribution is 2.26. The Morgan fingerprint density at radius 1 is 0.944 bits per heavy atom. The Balaban J connectivity index is 1.90. The van der Waals surface area contributed by atoms with Crippen LogP contribution in [0.3, 0.4) is 0 Å². The van der Waals surface area contributed by atoms with Crippen LogP contribution >= 0.6 is 0 Å². The Kier molecular flexibility index (Phi) is 9.02. The number of carbonyl (C=O) groups is 2. The molecule has 0 radical (unpaired) electrons. The SMILES string of the molecule is CCCNC(=O)c1ccccc1NC(=O)CN(c1ccc(F)cc1)S(=O)(=O)c1ccc(OCC)cc1. The lowest BCUT2D eigenvalue weighted by Gasteiger charge is -2.24. The summed E-state index contributed by atoms with van der Waals surface area (Å²) >= 11 is 0. The summed E-state index contributed by atoms with van der Waals surface area (Å²) in [6, 6.07) is 17.0. The van der Waals surface area contributed by atoms with E-state index in [1.165, 1.54) is 36.4 Å². The van der Waals surface area contributed by atoms with Crippen molar-refractivity contribution in [1.29, 1.82) is 0 Å². The van der Waals surface area contributed by atoms with Crippen molar-refractivity contribution in [3.8, 4) is 5.75 Å². The van der Waals surface area contributed by atoms with Gasteiger partial charge < -0.3 is 15.4 Å². The molecule has 0 atom stereocenters. The largest absolute Gasteiger partial charge is 0.494 e. The van der Waals surface area contributed by atoms with Gasteiger partial charge in [0.05, 0.1) is 28.4 Å². The number of hydrogen-bond donors (Lipinski definition) is 2. The van der Waals surface area contributed by atoms with Crippen LogP contribution < -0.4 is 19.7 Å². The molecule has 0 aliphatic heterocycles. The number of ether oxygens (including phenoxy) is 1. The third-order valence-electron chi connectivity index (χ3n) is 5.11. The lowest BCUT2D eigenvalue weighted by Crippen LogP contribution is -2.38. The number of carbonyl (C=O) groups excluding carboxylic acids is 2. The van der Waals surface area contributed by atoms with Crippen molar-refractivity contribution in [2.75, 3.05) is 29.3 Å². The van der Waals surface area contributed by atoms with Crippen molar-refractivity contribution < 1.29 is 27.1 Å². The Bertz CT molecular complexity index is 1300. The average molecular weight is 514 g/mol. The van der Waals surface area contributed by atoms with Crippen molar-refractivity contribution in [2.24, 2.45) is 0 Å². The minimum absolute atomic E-state index is 0.0672. The summed E-state index contributed by atoms with van der Waals surface area (Å²) in [6.07, 6.45) is 0.746. The fourth-order valence-corrected chi connectivity index (χ4v) is 4.79. The van der Waals surface area contributed by atoms with Crippen LogP contribution in [0.2, 0.25) is 0 Å². The molecule has 0 fully saturated rings. The minimum atomic E-state index is -4.21. The molecule has 0 bridgehead atoms. The van der Waals surface area contributed by atoms with Gasteiger partial charge in [-0.3, -0.25) is 13.9 Å². The molecule has 0 aromatic heterocycles. The van der Waals surface area contributed by atoms with Gasteiger partial charge in [-0.1, -0.05) is 19.1 Å². The molecule has 0 aliphatic rings. The fraction of sp³-hybridized carbons (Fsp3) is 0.231. The van der Waals surface area contributed by atoms with Gasteiger partial charge in [-0.05, 0) is 74.0 Å². The molecule has 190 valence electrons. The van der Waals surface area contributed by atoms with E-state index in [1.54, 1.807) is 24.3 Å². The first kappa shape index (κ1) is 26.7. The normalized spacial score (nSPS) is 11.0. The zero-order valence-corrected chi connectivity index (χ0v) is 20.8. The van der Waals surface area contributed by atoms with Crippen LogP contribution in [-0.4, -0.2) is 39.9 Å². The van der Waals surface area contributed by atoms with Crippen molar-refractivity contribution >= 4 is 33.2 Å². The molecule has 3 rings (SSSR count). The van der Waals surface area contributed by atoms with E-state index in [0.29, 0.717) is 18.9 Å². The minimum Gasteiger partial charge on any atom is -0.494 e. The second-order valence-electron chi connectivity index (χ2n) is 7.74. The van der Waals surface area contributed by atoms with E-state index in [0.717, 1.165) is 22.9 Å². The number of amides is 2. The van der Waals surface area contributed by atoms with Gasteiger partial charge in [0, 0.05) is 6.54 Å². The summed E-state index contributed by atoms with van der Waals surface area (Å²) in [4.78, 5) is 25.4. The molecule has 0 saturated carbocycles. The van der Waals surface area contributed by atoms with Gasteiger partial charge in [0.25, 0.3) is 15.9 Å². The maximum atomic E-state index is 13.5. The highest BCUT2D eigenvalue weighted by molar-refractivity contribution is 7.92. The number of hydrogen-bond acceptors (Lipinski definition) is 5. The first-order chi connectivity index (χ1) is 17.3. The molecule has 8 nitrogen and oxygen atoms in total. The summed E-state index contributed by atoms with van der Waals surface area (Å²) in [7, 11) is -4.21. The predicted molar refractivity (Wildman–Crippen MR) is 136 cm³/mol. The first-order valence-electron chi connectivity index (χ1n) is 11.4. The summed E-state index contributed by atoms with van der Waals surface area (Å²) in [6.45, 7) is 4.02. The van der Waals surface area contributed by atoms with Gasteiger partial charge >= 0.3 is 0 Å². The number of sulfonamides is 1. The second kappa shape index (κ2) is 12.2. The van der Waals surface area contributed by atoms with E-state index >= 15 is 0 Å². The molecule has 0 aliphatic carbocycles. The van der Waals surface area contributed by atoms with E-state index in [4.69, 9.17) is 4.74 Å². The Hall–Kier alpha value is -3.92. The molecule has 3 aromatic rings. The Morgan fingerprint density at radius 3 is 2.25 bits per heavy atom. The van der Waals surface area contributed by atoms with E-state index in [1.807, 2.05) is 13.8 Å². The highest BCUT2D eigenvalue weighted by atomic mass is 32.2. The number of halogens is 1. The number of rotatable bonds is 11. The first-order valence-corrected chi connectivity index (χ1v) is 12.9. The van der Waals surface area contributed by atoms with Gasteiger partial charge in [-0.15, -0.1) is 0 Å². The Morgan fingerprint density at radius 2 is 1.61 bits per heavy atom. The molecule has 10 heteroatoms. The van der Waals surface area contributed by atoms with Gasteiger partial charge in [0.1, 0.15) is 18.1 Å². The summed E-state index contributed by atoms with van der Waals surface area (Å²) < 4.78 is 46.8. The monoisotopic (exact) mass is 513 g/mol. The lowest BCUT2D eigenvalue weighted by atomic mass is 10.1. The van der Waals surface area contributed by atoms with Crippen LogP contribution in [0, 0.1) is 5.82 Å². The number of nitrogens with one attached hydrogen (secondary N) is 2. The third kappa shape index (κ3) is 6.60. The van der Waals surface area contributed by atoms with Crippen molar-refractivity contribution in [3.63, 3.8) is 0 Å². The highest BCUT2D eigenvalue weighted by Gasteiger charge is 2.28. The lowest BCUT2D eigenvalue weighted by molar-refractivity contribution is -0.114. The van der Waals surface area contributed by atoms with Gasteiger partial charge in [0.15, 0.2) is 0 Å². The number of para-hydroxylation sites is 1.